The minimum Gasteiger partial charge on any atom is -0.272 e. The molecule has 0 radical (unpaired) electrons. The third-order valence-corrected chi connectivity index (χ3v) is 4.07. The van der Waals surface area contributed by atoms with E-state index in [0.717, 1.165) is 11.8 Å². The average Bonchev–Trinajstić information content (AvgIpc) is 2.59. The minimum atomic E-state index is -0.500. The van der Waals surface area contributed by atoms with E-state index >= 15 is 0 Å². The molecule has 2 aromatic carbocycles. The summed E-state index contributed by atoms with van der Waals surface area (Å²) in [5.74, 6) is -0.772. The van der Waals surface area contributed by atoms with Gasteiger partial charge < -0.3 is 0 Å². The van der Waals surface area contributed by atoms with Crippen LogP contribution in [0.5, 0.6) is 0 Å². The van der Waals surface area contributed by atoms with Crippen LogP contribution >= 0.6 is 11.8 Å². The predicted octanol–water partition coefficient (Wildman–Crippen LogP) is 3.37. The van der Waals surface area contributed by atoms with Gasteiger partial charge in [0.15, 0.2) is 0 Å². The Kier molecular flexibility index (Phi) is 6.02. The van der Waals surface area contributed by atoms with Gasteiger partial charge in [-0.3, -0.25) is 14.9 Å². The molecule has 0 fully saturated rings. The van der Waals surface area contributed by atoms with Crippen molar-refractivity contribution in [1.82, 2.24) is 5.43 Å². The fourth-order valence-electron chi connectivity index (χ4n) is 1.79. The second kappa shape index (κ2) is 8.21. The van der Waals surface area contributed by atoms with Gasteiger partial charge in [0.2, 0.25) is 5.91 Å². The summed E-state index contributed by atoms with van der Waals surface area (Å²) >= 11 is 1.06. The molecule has 0 spiro atoms. The summed E-state index contributed by atoms with van der Waals surface area (Å²) in [6, 6.07) is 12.1. The number of carbonyl (C=O) groups excluding carboxylic acids is 1. The second-order valence-corrected chi connectivity index (χ2v) is 5.78. The van der Waals surface area contributed by atoms with E-state index in [1.54, 1.807) is 37.3 Å². The summed E-state index contributed by atoms with van der Waals surface area (Å²) in [6.45, 7) is 1.63. The standard InChI is InChI=1S/C16H14FN3O3S/c1-11(12-5-4-6-13(9-12)20(22)23)18-19-16(21)10-24-15-8-3-2-7-14(15)17/h2-9H,10H2,1H3,(H,19,21)/b18-11-. The van der Waals surface area contributed by atoms with E-state index in [0.29, 0.717) is 16.2 Å². The van der Waals surface area contributed by atoms with Gasteiger partial charge in [-0.15, -0.1) is 11.8 Å². The molecule has 0 saturated heterocycles. The number of hydrogen-bond donors (Lipinski definition) is 1. The van der Waals surface area contributed by atoms with Gasteiger partial charge in [0.1, 0.15) is 5.82 Å². The number of nitrogens with zero attached hydrogens (tertiary/aromatic N) is 2. The Bertz CT molecular complexity index is 796. The molecule has 6 nitrogen and oxygen atoms in total. The molecule has 1 amide bonds. The number of rotatable bonds is 6. The highest BCUT2D eigenvalue weighted by Crippen LogP contribution is 2.20. The van der Waals surface area contributed by atoms with E-state index in [-0.39, 0.29) is 17.3 Å². The topological polar surface area (TPSA) is 84.6 Å². The second-order valence-electron chi connectivity index (χ2n) is 4.76. The average molecular weight is 347 g/mol. The van der Waals surface area contributed by atoms with Crippen LogP contribution in [0.1, 0.15) is 12.5 Å². The third kappa shape index (κ3) is 4.88. The van der Waals surface area contributed by atoms with Crippen molar-refractivity contribution in [3.63, 3.8) is 0 Å². The number of hydrazone groups is 1. The van der Waals surface area contributed by atoms with Crippen LogP contribution in [0, 0.1) is 15.9 Å². The molecule has 0 aliphatic carbocycles. The number of hydrogen-bond acceptors (Lipinski definition) is 5. The molecule has 0 unspecified atom stereocenters. The number of amides is 1. The number of halogens is 1. The molecule has 24 heavy (non-hydrogen) atoms. The first kappa shape index (κ1) is 17.6. The van der Waals surface area contributed by atoms with E-state index < -0.39 is 10.8 Å². The Hall–Kier alpha value is -2.74. The number of nitro benzene ring substituents is 1. The van der Waals surface area contributed by atoms with Gasteiger partial charge in [0.05, 0.1) is 16.4 Å². The monoisotopic (exact) mass is 347 g/mol. The fourth-order valence-corrected chi connectivity index (χ4v) is 2.52. The number of carbonyl (C=O) groups is 1. The Morgan fingerprint density at radius 1 is 1.29 bits per heavy atom. The van der Waals surface area contributed by atoms with Crippen LogP contribution in [-0.2, 0) is 4.79 Å². The molecule has 124 valence electrons. The predicted molar refractivity (Wildman–Crippen MR) is 90.6 cm³/mol. The summed E-state index contributed by atoms with van der Waals surface area (Å²) in [5.41, 5.74) is 3.27. The fraction of sp³-hybridized carbons (Fsp3) is 0.125. The zero-order chi connectivity index (χ0) is 17.5. The van der Waals surface area contributed by atoms with E-state index in [1.807, 2.05) is 0 Å². The first-order valence-corrected chi connectivity index (χ1v) is 7.91. The molecule has 0 heterocycles. The summed E-state index contributed by atoms with van der Waals surface area (Å²) in [4.78, 5) is 22.4. The largest absolute Gasteiger partial charge is 0.272 e. The molecule has 0 bridgehead atoms. The number of non-ortho nitro benzene ring substituents is 1. The molecular formula is C16H14FN3O3S. The lowest BCUT2D eigenvalue weighted by Gasteiger charge is -2.04. The Balaban J connectivity index is 1.94. The van der Waals surface area contributed by atoms with Crippen LogP contribution in [0.3, 0.4) is 0 Å². The first-order valence-electron chi connectivity index (χ1n) is 6.92. The van der Waals surface area contributed by atoms with Crippen molar-refractivity contribution in [1.29, 1.82) is 0 Å². The van der Waals surface area contributed by atoms with Crippen molar-refractivity contribution < 1.29 is 14.1 Å². The summed E-state index contributed by atoms with van der Waals surface area (Å²) in [6.07, 6.45) is 0. The Labute approximate surface area is 141 Å². The maximum absolute atomic E-state index is 13.4. The summed E-state index contributed by atoms with van der Waals surface area (Å²) in [7, 11) is 0. The van der Waals surface area contributed by atoms with Crippen molar-refractivity contribution in [2.75, 3.05) is 5.75 Å². The highest BCUT2D eigenvalue weighted by Gasteiger charge is 2.09. The van der Waals surface area contributed by atoms with Gasteiger partial charge in [-0.05, 0) is 19.1 Å². The molecule has 0 aromatic heterocycles. The first-order chi connectivity index (χ1) is 11.5. The third-order valence-electron chi connectivity index (χ3n) is 3.02. The van der Waals surface area contributed by atoms with Gasteiger partial charge in [-0.1, -0.05) is 24.3 Å². The SMILES string of the molecule is C/C(=N/NC(=O)CSc1ccccc1F)c1cccc([N+](=O)[O-])c1. The zero-order valence-corrected chi connectivity index (χ0v) is 13.5. The molecule has 1 N–H and O–H groups in total. The molecule has 0 aliphatic heterocycles. The molecule has 8 heteroatoms. The van der Waals surface area contributed by atoms with E-state index in [2.05, 4.69) is 10.5 Å². The van der Waals surface area contributed by atoms with Gasteiger partial charge >= 0.3 is 0 Å². The van der Waals surface area contributed by atoms with Crippen LogP contribution < -0.4 is 5.43 Å². The van der Waals surface area contributed by atoms with Crippen LogP contribution in [0.15, 0.2) is 58.5 Å². The molecule has 2 aromatic rings. The van der Waals surface area contributed by atoms with Crippen molar-refractivity contribution in [2.45, 2.75) is 11.8 Å². The van der Waals surface area contributed by atoms with Gasteiger partial charge in [0, 0.05) is 22.6 Å². The summed E-state index contributed by atoms with van der Waals surface area (Å²) < 4.78 is 13.4. The van der Waals surface area contributed by atoms with Gasteiger partial charge in [-0.25, -0.2) is 9.82 Å². The zero-order valence-electron chi connectivity index (χ0n) is 12.7. The number of nitro groups is 1. The number of nitrogens with one attached hydrogen (secondary N) is 1. The van der Waals surface area contributed by atoms with E-state index in [4.69, 9.17) is 0 Å². The van der Waals surface area contributed by atoms with Crippen molar-refractivity contribution >= 4 is 29.1 Å². The quantitative estimate of drug-likeness (QED) is 0.376. The molecule has 2 rings (SSSR count). The molecule has 0 atom stereocenters. The number of benzene rings is 2. The minimum absolute atomic E-state index is 0.00660. The molecule has 0 aliphatic rings. The highest BCUT2D eigenvalue weighted by molar-refractivity contribution is 8.00. The van der Waals surface area contributed by atoms with Crippen molar-refractivity contribution in [3.8, 4) is 0 Å². The van der Waals surface area contributed by atoms with Crippen molar-refractivity contribution in [2.24, 2.45) is 5.10 Å². The number of thioether (sulfide) groups is 1. The van der Waals surface area contributed by atoms with E-state index in [9.17, 15) is 19.3 Å². The molecule has 0 saturated carbocycles. The smallest absolute Gasteiger partial charge is 0.270 e. The van der Waals surface area contributed by atoms with Crippen LogP contribution in [0.4, 0.5) is 10.1 Å². The maximum Gasteiger partial charge on any atom is 0.270 e. The summed E-state index contributed by atoms with van der Waals surface area (Å²) in [5, 5.41) is 14.7. The lowest BCUT2D eigenvalue weighted by Crippen LogP contribution is -2.21. The van der Waals surface area contributed by atoms with E-state index in [1.165, 1.54) is 18.2 Å². The van der Waals surface area contributed by atoms with Crippen LogP contribution in [0.2, 0.25) is 0 Å². The Morgan fingerprint density at radius 2 is 2.04 bits per heavy atom. The highest BCUT2D eigenvalue weighted by atomic mass is 32.2. The van der Waals surface area contributed by atoms with Gasteiger partial charge in [0.25, 0.3) is 5.69 Å². The lowest BCUT2D eigenvalue weighted by molar-refractivity contribution is -0.384. The maximum atomic E-state index is 13.4. The Morgan fingerprint density at radius 3 is 2.75 bits per heavy atom. The van der Waals surface area contributed by atoms with Crippen LogP contribution in [-0.4, -0.2) is 22.3 Å². The van der Waals surface area contributed by atoms with Crippen molar-refractivity contribution in [3.05, 3.63) is 70.0 Å². The molecular weight excluding hydrogens is 333 g/mol. The van der Waals surface area contributed by atoms with Crippen LogP contribution in [0.25, 0.3) is 0 Å². The normalized spacial score (nSPS) is 11.2. The lowest BCUT2D eigenvalue weighted by atomic mass is 10.1. The van der Waals surface area contributed by atoms with Gasteiger partial charge in [-0.2, -0.15) is 5.10 Å².